The van der Waals surface area contributed by atoms with Crippen LogP contribution in [0, 0.1) is 0 Å². The van der Waals surface area contributed by atoms with Gasteiger partial charge in [-0.25, -0.2) is 8.42 Å². The number of hydrogen-bond acceptors (Lipinski definition) is 6. The van der Waals surface area contributed by atoms with Crippen molar-refractivity contribution in [3.63, 3.8) is 0 Å². The summed E-state index contributed by atoms with van der Waals surface area (Å²) < 4.78 is 22.2. The maximum atomic E-state index is 11.1. The third-order valence-electron chi connectivity index (χ3n) is 3.02. The first-order chi connectivity index (χ1) is 7.85. The average molecular weight is 269 g/mol. The molecule has 0 aromatic heterocycles. The lowest BCUT2D eigenvalue weighted by molar-refractivity contribution is -0.0200. The molecule has 17 heavy (non-hydrogen) atoms. The first kappa shape index (κ1) is 16.8. The minimum atomic E-state index is -3.11. The van der Waals surface area contributed by atoms with Crippen LogP contribution in [0.1, 0.15) is 13.3 Å². The molecule has 3 N–H and O–H groups in total. The fraction of sp³-hybridized carbons (Fsp3) is 1.00. The zero-order chi connectivity index (χ0) is 13.5. The van der Waals surface area contributed by atoms with Crippen LogP contribution in [0.15, 0.2) is 0 Å². The summed E-state index contributed by atoms with van der Waals surface area (Å²) in [4.78, 5) is 1.63. The van der Waals surface area contributed by atoms with Gasteiger partial charge in [-0.05, 0) is 6.42 Å². The topological polar surface area (TPSA) is 98.1 Å². The van der Waals surface area contributed by atoms with Crippen molar-refractivity contribution >= 4 is 9.84 Å². The van der Waals surface area contributed by atoms with Crippen molar-refractivity contribution in [2.24, 2.45) is 0 Å². The highest BCUT2D eigenvalue weighted by Crippen LogP contribution is 2.18. The Bertz CT molecular complexity index is 292. The van der Waals surface area contributed by atoms with Crippen LogP contribution in [0.3, 0.4) is 0 Å². The summed E-state index contributed by atoms with van der Waals surface area (Å²) in [6.07, 6.45) is 1.61. The van der Waals surface area contributed by atoms with Gasteiger partial charge in [0.25, 0.3) is 0 Å². The molecule has 0 heterocycles. The molecule has 0 aromatic rings. The number of nitrogens with zero attached hydrogens (tertiary/aromatic N) is 1. The molecular weight excluding hydrogens is 246 g/mol. The number of rotatable bonds is 9. The van der Waals surface area contributed by atoms with Gasteiger partial charge < -0.3 is 15.3 Å². The van der Waals surface area contributed by atoms with Crippen LogP contribution in [0.25, 0.3) is 0 Å². The van der Waals surface area contributed by atoms with Crippen LogP contribution >= 0.6 is 0 Å². The van der Waals surface area contributed by atoms with E-state index in [4.69, 9.17) is 5.11 Å². The van der Waals surface area contributed by atoms with Crippen LogP contribution in [-0.4, -0.2) is 79.1 Å². The highest BCUT2D eigenvalue weighted by molar-refractivity contribution is 7.90. The van der Waals surface area contributed by atoms with Crippen LogP contribution in [0.5, 0.6) is 0 Å². The molecule has 0 radical (unpaired) electrons. The van der Waals surface area contributed by atoms with Crippen LogP contribution in [-0.2, 0) is 9.84 Å². The molecule has 0 aliphatic carbocycles. The second-order valence-corrected chi connectivity index (χ2v) is 6.49. The molecule has 0 aliphatic rings. The number of hydrogen-bond donors (Lipinski definition) is 3. The number of aliphatic hydroxyl groups excluding tert-OH is 3. The van der Waals surface area contributed by atoms with Gasteiger partial charge in [0.15, 0.2) is 0 Å². The molecule has 0 aromatic carbocycles. The smallest absolute Gasteiger partial charge is 0.148 e. The van der Waals surface area contributed by atoms with E-state index in [0.717, 1.165) is 6.26 Å². The highest BCUT2D eigenvalue weighted by atomic mass is 32.2. The van der Waals surface area contributed by atoms with Gasteiger partial charge in [0.2, 0.25) is 0 Å². The second-order valence-electron chi connectivity index (χ2n) is 4.23. The predicted octanol–water partition coefficient (Wildman–Crippen LogP) is -1.54. The van der Waals surface area contributed by atoms with Gasteiger partial charge in [0.1, 0.15) is 9.84 Å². The fourth-order valence-corrected chi connectivity index (χ4v) is 2.23. The van der Waals surface area contributed by atoms with Crippen molar-refractivity contribution in [1.82, 2.24) is 4.90 Å². The number of aliphatic hydroxyl groups is 3. The fourth-order valence-electron chi connectivity index (χ4n) is 1.68. The van der Waals surface area contributed by atoms with E-state index >= 15 is 0 Å². The van der Waals surface area contributed by atoms with Crippen molar-refractivity contribution in [3.8, 4) is 0 Å². The van der Waals surface area contributed by atoms with Crippen molar-refractivity contribution < 1.29 is 23.7 Å². The number of β-amino-alcohol motifs (C(OH)–C–C–N with tert-alkyl or cyclic N) is 1. The Balaban J connectivity index is 4.80. The van der Waals surface area contributed by atoms with Gasteiger partial charge in [0, 0.05) is 19.3 Å². The Morgan fingerprint density at radius 2 is 1.65 bits per heavy atom. The van der Waals surface area contributed by atoms with Crippen molar-refractivity contribution in [2.75, 3.05) is 44.9 Å². The van der Waals surface area contributed by atoms with E-state index in [1.165, 1.54) is 0 Å². The SMILES string of the molecule is CCC(CO)(CO)N(CCO)CCS(C)(=O)=O. The molecule has 0 unspecified atom stereocenters. The zero-order valence-electron chi connectivity index (χ0n) is 10.5. The summed E-state index contributed by atoms with van der Waals surface area (Å²) in [7, 11) is -3.11. The highest BCUT2D eigenvalue weighted by Gasteiger charge is 2.33. The van der Waals surface area contributed by atoms with Crippen LogP contribution < -0.4 is 0 Å². The third-order valence-corrected chi connectivity index (χ3v) is 3.94. The van der Waals surface area contributed by atoms with E-state index in [2.05, 4.69) is 0 Å². The Kier molecular flexibility index (Phi) is 7.18. The van der Waals surface area contributed by atoms with Gasteiger partial charge in [-0.1, -0.05) is 6.92 Å². The Hall–Kier alpha value is -0.210. The summed E-state index contributed by atoms with van der Waals surface area (Å²) in [5, 5.41) is 27.7. The van der Waals surface area contributed by atoms with E-state index in [1.54, 1.807) is 11.8 Å². The van der Waals surface area contributed by atoms with E-state index in [1.807, 2.05) is 0 Å². The molecular formula is C10H23NO5S. The maximum Gasteiger partial charge on any atom is 0.148 e. The lowest BCUT2D eigenvalue weighted by atomic mass is 9.96. The molecule has 0 fully saturated rings. The molecule has 0 atom stereocenters. The minimum absolute atomic E-state index is 0.0608. The molecule has 0 bridgehead atoms. The summed E-state index contributed by atoms with van der Waals surface area (Å²) in [5.41, 5.74) is -0.868. The van der Waals surface area contributed by atoms with E-state index in [0.29, 0.717) is 6.42 Å². The maximum absolute atomic E-state index is 11.1. The quantitative estimate of drug-likeness (QED) is 0.469. The molecule has 0 spiro atoms. The summed E-state index contributed by atoms with van der Waals surface area (Å²) in [5.74, 6) is -0.0608. The average Bonchev–Trinajstić information content (AvgIpc) is 2.27. The standard InChI is InChI=1S/C10H23NO5S/c1-3-10(8-13,9-14)11(4-6-12)5-7-17(2,15)16/h12-14H,3-9H2,1-2H3. The lowest BCUT2D eigenvalue weighted by Gasteiger charge is -2.40. The summed E-state index contributed by atoms with van der Waals surface area (Å²) >= 11 is 0. The Morgan fingerprint density at radius 1 is 1.12 bits per heavy atom. The largest absolute Gasteiger partial charge is 0.395 e. The lowest BCUT2D eigenvalue weighted by Crippen LogP contribution is -2.56. The molecule has 6 nitrogen and oxygen atoms in total. The Labute approximate surface area is 103 Å². The molecule has 0 aliphatic heterocycles. The van der Waals surface area contributed by atoms with Gasteiger partial charge in [-0.15, -0.1) is 0 Å². The van der Waals surface area contributed by atoms with Gasteiger partial charge in [0.05, 0.1) is 31.1 Å². The van der Waals surface area contributed by atoms with Gasteiger partial charge in [-0.2, -0.15) is 0 Å². The Morgan fingerprint density at radius 3 is 1.94 bits per heavy atom. The van der Waals surface area contributed by atoms with Crippen LogP contribution in [0.4, 0.5) is 0 Å². The third kappa shape index (κ3) is 5.31. The summed E-state index contributed by atoms with van der Waals surface area (Å²) in [6, 6.07) is 0. The molecule has 0 amide bonds. The first-order valence-electron chi connectivity index (χ1n) is 5.60. The van der Waals surface area contributed by atoms with Crippen molar-refractivity contribution in [1.29, 1.82) is 0 Å². The molecule has 104 valence electrons. The van der Waals surface area contributed by atoms with Gasteiger partial charge in [-0.3, -0.25) is 4.90 Å². The van der Waals surface area contributed by atoms with E-state index in [9.17, 15) is 18.6 Å². The van der Waals surface area contributed by atoms with Crippen molar-refractivity contribution in [3.05, 3.63) is 0 Å². The molecule has 7 heteroatoms. The minimum Gasteiger partial charge on any atom is -0.395 e. The van der Waals surface area contributed by atoms with Gasteiger partial charge >= 0.3 is 0 Å². The predicted molar refractivity (Wildman–Crippen MR) is 65.6 cm³/mol. The van der Waals surface area contributed by atoms with E-state index in [-0.39, 0.29) is 38.7 Å². The number of sulfone groups is 1. The summed E-state index contributed by atoms with van der Waals surface area (Å²) in [6.45, 7) is 1.52. The van der Waals surface area contributed by atoms with E-state index < -0.39 is 15.4 Å². The molecule has 0 saturated heterocycles. The normalized spacial score (nSPS) is 13.3. The molecule has 0 rings (SSSR count). The van der Waals surface area contributed by atoms with Crippen LogP contribution in [0.2, 0.25) is 0 Å². The second kappa shape index (κ2) is 7.27. The molecule has 0 saturated carbocycles. The first-order valence-corrected chi connectivity index (χ1v) is 7.66. The monoisotopic (exact) mass is 269 g/mol. The zero-order valence-corrected chi connectivity index (χ0v) is 11.3. The van der Waals surface area contributed by atoms with Crippen molar-refractivity contribution in [2.45, 2.75) is 18.9 Å².